The summed E-state index contributed by atoms with van der Waals surface area (Å²) < 4.78 is 4.54. The predicted octanol–water partition coefficient (Wildman–Crippen LogP) is 1.42. The van der Waals surface area contributed by atoms with Gasteiger partial charge in [0.2, 0.25) is 6.10 Å². The number of ether oxygens (including phenoxy) is 1. The lowest BCUT2D eigenvalue weighted by molar-refractivity contribution is -0.131. The zero-order valence-electron chi connectivity index (χ0n) is 6.31. The third kappa shape index (κ3) is 1.83. The van der Waals surface area contributed by atoms with Crippen molar-refractivity contribution in [3.05, 3.63) is 35.9 Å². The SMILES string of the molecule is N#CC(OC=O)c1ccccc1. The van der Waals surface area contributed by atoms with Crippen molar-refractivity contribution >= 4 is 6.47 Å². The summed E-state index contributed by atoms with van der Waals surface area (Å²) in [7, 11) is 0. The van der Waals surface area contributed by atoms with E-state index in [9.17, 15) is 4.79 Å². The summed E-state index contributed by atoms with van der Waals surface area (Å²) in [5.74, 6) is 0. The molecule has 1 rings (SSSR count). The van der Waals surface area contributed by atoms with Gasteiger partial charge in [0, 0.05) is 5.56 Å². The summed E-state index contributed by atoms with van der Waals surface area (Å²) in [6, 6.07) is 10.7. The molecule has 0 fully saturated rings. The molecule has 12 heavy (non-hydrogen) atoms. The third-order valence-corrected chi connectivity index (χ3v) is 1.41. The Labute approximate surface area is 70.2 Å². The van der Waals surface area contributed by atoms with Crippen molar-refractivity contribution in [1.82, 2.24) is 0 Å². The largest absolute Gasteiger partial charge is 0.444 e. The molecule has 0 aromatic heterocycles. The number of carbonyl (C=O) groups excluding carboxylic acids is 1. The van der Waals surface area contributed by atoms with Crippen molar-refractivity contribution in [3.8, 4) is 6.07 Å². The quantitative estimate of drug-likeness (QED) is 0.630. The molecular weight excluding hydrogens is 154 g/mol. The lowest BCUT2D eigenvalue weighted by Crippen LogP contribution is -1.99. The van der Waals surface area contributed by atoms with Crippen LogP contribution in [0.15, 0.2) is 30.3 Å². The van der Waals surface area contributed by atoms with Gasteiger partial charge in [-0.2, -0.15) is 5.26 Å². The van der Waals surface area contributed by atoms with E-state index in [2.05, 4.69) is 4.74 Å². The second-order valence-corrected chi connectivity index (χ2v) is 2.15. The van der Waals surface area contributed by atoms with Gasteiger partial charge in [0.15, 0.2) is 0 Å². The predicted molar refractivity (Wildman–Crippen MR) is 41.9 cm³/mol. The highest BCUT2D eigenvalue weighted by molar-refractivity contribution is 5.40. The summed E-state index contributed by atoms with van der Waals surface area (Å²) in [5.41, 5.74) is 0.687. The van der Waals surface area contributed by atoms with Gasteiger partial charge in [-0.1, -0.05) is 30.3 Å². The molecule has 0 aliphatic carbocycles. The maximum atomic E-state index is 9.97. The normalized spacial score (nSPS) is 11.2. The van der Waals surface area contributed by atoms with E-state index < -0.39 is 6.10 Å². The van der Waals surface area contributed by atoms with Crippen LogP contribution in [0.3, 0.4) is 0 Å². The molecular formula is C9H7NO2. The number of rotatable bonds is 3. The van der Waals surface area contributed by atoms with Crippen molar-refractivity contribution in [2.24, 2.45) is 0 Å². The third-order valence-electron chi connectivity index (χ3n) is 1.41. The van der Waals surface area contributed by atoms with Gasteiger partial charge in [-0.3, -0.25) is 4.79 Å². The fourth-order valence-electron chi connectivity index (χ4n) is 0.867. The van der Waals surface area contributed by atoms with E-state index in [1.54, 1.807) is 24.3 Å². The monoisotopic (exact) mass is 161 g/mol. The van der Waals surface area contributed by atoms with E-state index in [4.69, 9.17) is 5.26 Å². The van der Waals surface area contributed by atoms with Gasteiger partial charge >= 0.3 is 0 Å². The highest BCUT2D eigenvalue weighted by Gasteiger charge is 2.08. The van der Waals surface area contributed by atoms with E-state index in [1.165, 1.54) is 0 Å². The molecule has 0 bridgehead atoms. The van der Waals surface area contributed by atoms with Crippen molar-refractivity contribution in [2.45, 2.75) is 6.10 Å². The summed E-state index contributed by atoms with van der Waals surface area (Å²) in [6.45, 7) is 0.279. The molecule has 0 saturated carbocycles. The first kappa shape index (κ1) is 8.28. The molecule has 60 valence electrons. The zero-order chi connectivity index (χ0) is 8.81. The van der Waals surface area contributed by atoms with Crippen molar-refractivity contribution < 1.29 is 9.53 Å². The molecule has 0 aliphatic heterocycles. The first-order chi connectivity index (χ1) is 5.88. The number of nitrogens with zero attached hydrogens (tertiary/aromatic N) is 1. The highest BCUT2D eigenvalue weighted by atomic mass is 16.5. The van der Waals surface area contributed by atoms with Crippen LogP contribution in [-0.4, -0.2) is 6.47 Å². The van der Waals surface area contributed by atoms with Crippen LogP contribution in [0.4, 0.5) is 0 Å². The molecule has 1 unspecified atom stereocenters. The molecule has 1 aromatic rings. The Morgan fingerprint density at radius 1 is 1.42 bits per heavy atom. The molecule has 0 amide bonds. The van der Waals surface area contributed by atoms with E-state index >= 15 is 0 Å². The lowest BCUT2D eigenvalue weighted by Gasteiger charge is -2.05. The van der Waals surface area contributed by atoms with Gasteiger partial charge in [-0.25, -0.2) is 0 Å². The van der Waals surface area contributed by atoms with Crippen LogP contribution in [0.5, 0.6) is 0 Å². The number of nitriles is 1. The second kappa shape index (κ2) is 4.14. The fraction of sp³-hybridized carbons (Fsp3) is 0.111. The van der Waals surface area contributed by atoms with Crippen LogP contribution >= 0.6 is 0 Å². The van der Waals surface area contributed by atoms with Crippen molar-refractivity contribution in [1.29, 1.82) is 5.26 Å². The van der Waals surface area contributed by atoms with Gasteiger partial charge in [0.05, 0.1) is 0 Å². The summed E-state index contributed by atoms with van der Waals surface area (Å²) in [4.78, 5) is 9.97. The van der Waals surface area contributed by atoms with E-state index in [0.717, 1.165) is 0 Å². The highest BCUT2D eigenvalue weighted by Crippen LogP contribution is 2.13. The van der Waals surface area contributed by atoms with Crippen molar-refractivity contribution in [2.75, 3.05) is 0 Å². The molecule has 0 spiro atoms. The van der Waals surface area contributed by atoms with Gasteiger partial charge in [-0.05, 0) is 0 Å². The Morgan fingerprint density at radius 3 is 2.58 bits per heavy atom. The average molecular weight is 161 g/mol. The van der Waals surface area contributed by atoms with Crippen LogP contribution in [0.25, 0.3) is 0 Å². The van der Waals surface area contributed by atoms with E-state index in [0.29, 0.717) is 5.56 Å². The Morgan fingerprint density at radius 2 is 2.08 bits per heavy atom. The van der Waals surface area contributed by atoms with Crippen LogP contribution in [0.1, 0.15) is 11.7 Å². The molecule has 3 heteroatoms. The topological polar surface area (TPSA) is 50.1 Å². The van der Waals surface area contributed by atoms with Crippen LogP contribution in [-0.2, 0) is 9.53 Å². The summed E-state index contributed by atoms with van der Waals surface area (Å²) in [6.07, 6.45) is -0.788. The molecule has 0 aliphatic rings. The molecule has 1 atom stereocenters. The minimum atomic E-state index is -0.788. The fourth-order valence-corrected chi connectivity index (χ4v) is 0.867. The number of hydrogen-bond donors (Lipinski definition) is 0. The lowest BCUT2D eigenvalue weighted by atomic mass is 10.1. The molecule has 1 aromatic carbocycles. The smallest absolute Gasteiger partial charge is 0.294 e. The molecule has 0 saturated heterocycles. The summed E-state index contributed by atoms with van der Waals surface area (Å²) in [5, 5.41) is 8.58. The Hall–Kier alpha value is -1.82. The van der Waals surface area contributed by atoms with Gasteiger partial charge in [0.1, 0.15) is 6.07 Å². The van der Waals surface area contributed by atoms with Crippen LogP contribution in [0, 0.1) is 11.3 Å². The molecule has 0 heterocycles. The minimum absolute atomic E-state index is 0.279. The Balaban J connectivity index is 2.82. The van der Waals surface area contributed by atoms with Gasteiger partial charge in [0.25, 0.3) is 6.47 Å². The maximum Gasteiger partial charge on any atom is 0.294 e. The average Bonchev–Trinajstić information content (AvgIpc) is 2.15. The van der Waals surface area contributed by atoms with Crippen molar-refractivity contribution in [3.63, 3.8) is 0 Å². The van der Waals surface area contributed by atoms with Crippen LogP contribution < -0.4 is 0 Å². The zero-order valence-corrected chi connectivity index (χ0v) is 6.31. The minimum Gasteiger partial charge on any atom is -0.444 e. The standard InChI is InChI=1S/C9H7NO2/c10-6-9(12-7-11)8-4-2-1-3-5-8/h1-5,7,9H. The number of carbonyl (C=O) groups is 1. The molecule has 3 nitrogen and oxygen atoms in total. The summed E-state index contributed by atoms with van der Waals surface area (Å²) >= 11 is 0. The number of benzene rings is 1. The van der Waals surface area contributed by atoms with E-state index in [1.807, 2.05) is 12.1 Å². The first-order valence-corrected chi connectivity index (χ1v) is 3.42. The number of hydrogen-bond acceptors (Lipinski definition) is 3. The second-order valence-electron chi connectivity index (χ2n) is 2.15. The first-order valence-electron chi connectivity index (χ1n) is 3.42. The Kier molecular flexibility index (Phi) is 2.86. The van der Waals surface area contributed by atoms with E-state index in [-0.39, 0.29) is 6.47 Å². The molecule has 0 radical (unpaired) electrons. The van der Waals surface area contributed by atoms with Gasteiger partial charge < -0.3 is 4.74 Å². The molecule has 0 N–H and O–H groups in total. The van der Waals surface area contributed by atoms with Crippen LogP contribution in [0.2, 0.25) is 0 Å². The maximum absolute atomic E-state index is 9.97. The van der Waals surface area contributed by atoms with Gasteiger partial charge in [-0.15, -0.1) is 0 Å². The Bertz CT molecular complexity index is 289.